The molecule has 4 nitrogen and oxygen atoms in total. The van der Waals surface area contributed by atoms with Crippen molar-refractivity contribution in [2.24, 2.45) is 0 Å². The molecule has 0 saturated heterocycles. The van der Waals surface area contributed by atoms with Crippen LogP contribution < -0.4 is 0 Å². The summed E-state index contributed by atoms with van der Waals surface area (Å²) in [6.07, 6.45) is 3.15. The van der Waals surface area contributed by atoms with E-state index >= 15 is 0 Å². The molecule has 18 heavy (non-hydrogen) atoms. The van der Waals surface area contributed by atoms with Gasteiger partial charge in [0.05, 0.1) is 19.8 Å². The van der Waals surface area contributed by atoms with E-state index in [1.54, 1.807) is 6.07 Å². The predicted octanol–water partition coefficient (Wildman–Crippen LogP) is 1.52. The monoisotopic (exact) mass is 288 g/mol. The zero-order valence-electron chi connectivity index (χ0n) is 10.3. The van der Waals surface area contributed by atoms with E-state index in [4.69, 9.17) is 4.74 Å². The molecule has 0 bridgehead atoms. The molecule has 1 aliphatic heterocycles. The van der Waals surface area contributed by atoms with Crippen LogP contribution in [0, 0.1) is 0 Å². The summed E-state index contributed by atoms with van der Waals surface area (Å²) < 4.78 is 28.9. The second-order valence-electron chi connectivity index (χ2n) is 4.35. The molecule has 6 heteroatoms. The van der Waals surface area contributed by atoms with Crippen molar-refractivity contribution in [2.75, 3.05) is 19.1 Å². The minimum Gasteiger partial charge on any atom is -0.392 e. The standard InChI is InChI=1S/C12H16O4S2/c1-17-11-4-9-6-16-7-12(18(2,14)15)10(9)3-8(11)5-13/h3-4,12-13H,5-7H2,1-2H3. The number of aliphatic hydroxyl groups excluding tert-OH is 1. The highest BCUT2D eigenvalue weighted by molar-refractivity contribution is 7.98. The Bertz CT molecular complexity index is 551. The van der Waals surface area contributed by atoms with Gasteiger partial charge in [-0.1, -0.05) is 6.07 Å². The van der Waals surface area contributed by atoms with E-state index in [0.29, 0.717) is 6.61 Å². The number of fused-ring (bicyclic) bond motifs is 1. The number of rotatable bonds is 3. The maximum Gasteiger partial charge on any atom is 0.156 e. The largest absolute Gasteiger partial charge is 0.392 e. The smallest absolute Gasteiger partial charge is 0.156 e. The van der Waals surface area contributed by atoms with Gasteiger partial charge in [0.15, 0.2) is 9.84 Å². The average molecular weight is 288 g/mol. The Balaban J connectivity index is 2.57. The van der Waals surface area contributed by atoms with Crippen LogP contribution in [-0.4, -0.2) is 32.6 Å². The van der Waals surface area contributed by atoms with Gasteiger partial charge in [-0.2, -0.15) is 0 Å². The highest BCUT2D eigenvalue weighted by atomic mass is 32.2. The zero-order chi connectivity index (χ0) is 13.3. The van der Waals surface area contributed by atoms with Crippen molar-refractivity contribution in [3.05, 3.63) is 28.8 Å². The van der Waals surface area contributed by atoms with Gasteiger partial charge in [-0.15, -0.1) is 11.8 Å². The van der Waals surface area contributed by atoms with Crippen LogP contribution in [0.15, 0.2) is 17.0 Å². The first kappa shape index (κ1) is 13.9. The SMILES string of the molecule is CSc1cc2c(cc1CO)C(S(C)(=O)=O)COC2. The number of benzene rings is 1. The summed E-state index contributed by atoms with van der Waals surface area (Å²) >= 11 is 1.54. The molecule has 1 atom stereocenters. The molecule has 1 N–H and O–H groups in total. The van der Waals surface area contributed by atoms with E-state index in [9.17, 15) is 13.5 Å². The molecule has 2 rings (SSSR count). The van der Waals surface area contributed by atoms with Crippen molar-refractivity contribution in [1.29, 1.82) is 0 Å². The Morgan fingerprint density at radius 2 is 2.22 bits per heavy atom. The molecular weight excluding hydrogens is 272 g/mol. The van der Waals surface area contributed by atoms with Crippen LogP contribution in [0.3, 0.4) is 0 Å². The van der Waals surface area contributed by atoms with Gasteiger partial charge in [0.1, 0.15) is 5.25 Å². The molecule has 0 aliphatic carbocycles. The van der Waals surface area contributed by atoms with Crippen LogP contribution in [0.2, 0.25) is 0 Å². The molecule has 0 saturated carbocycles. The fourth-order valence-corrected chi connectivity index (χ4v) is 3.81. The highest BCUT2D eigenvalue weighted by Gasteiger charge is 2.29. The third-order valence-corrected chi connectivity index (χ3v) is 5.35. The lowest BCUT2D eigenvalue weighted by Crippen LogP contribution is -2.23. The minimum absolute atomic E-state index is 0.0825. The van der Waals surface area contributed by atoms with Gasteiger partial charge >= 0.3 is 0 Å². The van der Waals surface area contributed by atoms with Crippen LogP contribution in [0.25, 0.3) is 0 Å². The fraction of sp³-hybridized carbons (Fsp3) is 0.500. The Hall–Kier alpha value is -0.560. The molecule has 0 spiro atoms. The highest BCUT2D eigenvalue weighted by Crippen LogP contribution is 2.35. The Kier molecular flexibility index (Phi) is 4.01. The summed E-state index contributed by atoms with van der Waals surface area (Å²) in [5.74, 6) is 0. The van der Waals surface area contributed by atoms with Crippen molar-refractivity contribution in [3.8, 4) is 0 Å². The quantitative estimate of drug-likeness (QED) is 0.854. The number of sulfone groups is 1. The average Bonchev–Trinajstić information content (AvgIpc) is 2.35. The Morgan fingerprint density at radius 1 is 1.50 bits per heavy atom. The summed E-state index contributed by atoms with van der Waals surface area (Å²) in [5, 5.41) is 8.72. The van der Waals surface area contributed by atoms with Crippen LogP contribution in [-0.2, 0) is 27.8 Å². The van der Waals surface area contributed by atoms with Crippen molar-refractivity contribution >= 4 is 21.6 Å². The maximum atomic E-state index is 11.8. The van der Waals surface area contributed by atoms with Gasteiger partial charge in [0.2, 0.25) is 0 Å². The lowest BCUT2D eigenvalue weighted by Gasteiger charge is -2.26. The van der Waals surface area contributed by atoms with E-state index in [-0.39, 0.29) is 13.2 Å². The van der Waals surface area contributed by atoms with E-state index in [0.717, 1.165) is 21.6 Å². The molecule has 1 heterocycles. The molecular formula is C12H16O4S2. The first-order chi connectivity index (χ1) is 8.47. The topological polar surface area (TPSA) is 63.6 Å². The van der Waals surface area contributed by atoms with Crippen molar-refractivity contribution in [2.45, 2.75) is 23.4 Å². The molecule has 0 amide bonds. The molecule has 1 aromatic rings. The molecule has 0 radical (unpaired) electrons. The van der Waals surface area contributed by atoms with Gasteiger partial charge in [0, 0.05) is 11.2 Å². The van der Waals surface area contributed by atoms with Crippen molar-refractivity contribution in [3.63, 3.8) is 0 Å². The van der Waals surface area contributed by atoms with E-state index in [1.807, 2.05) is 12.3 Å². The second-order valence-corrected chi connectivity index (χ2v) is 7.43. The number of thioether (sulfide) groups is 1. The minimum atomic E-state index is -3.20. The summed E-state index contributed by atoms with van der Waals surface area (Å²) in [6.45, 7) is 0.538. The van der Waals surface area contributed by atoms with Gasteiger partial charge < -0.3 is 9.84 Å². The Labute approximate surface area is 111 Å². The molecule has 1 aromatic carbocycles. The van der Waals surface area contributed by atoms with Crippen LogP contribution in [0.1, 0.15) is 21.9 Å². The first-order valence-corrected chi connectivity index (χ1v) is 8.72. The molecule has 100 valence electrons. The fourth-order valence-electron chi connectivity index (χ4n) is 2.14. The van der Waals surface area contributed by atoms with Gasteiger partial charge in [-0.05, 0) is 29.0 Å². The van der Waals surface area contributed by atoms with Crippen LogP contribution in [0.4, 0.5) is 0 Å². The number of ether oxygens (including phenoxy) is 1. The number of aliphatic hydroxyl groups is 1. The van der Waals surface area contributed by atoms with E-state index < -0.39 is 15.1 Å². The Morgan fingerprint density at radius 3 is 2.78 bits per heavy atom. The van der Waals surface area contributed by atoms with Crippen molar-refractivity contribution < 1.29 is 18.3 Å². The van der Waals surface area contributed by atoms with Gasteiger partial charge in [-0.25, -0.2) is 8.42 Å². The summed E-state index contributed by atoms with van der Waals surface area (Å²) in [7, 11) is -3.20. The van der Waals surface area contributed by atoms with E-state index in [1.165, 1.54) is 18.0 Å². The lowest BCUT2D eigenvalue weighted by molar-refractivity contribution is 0.106. The predicted molar refractivity (Wildman–Crippen MR) is 71.4 cm³/mol. The summed E-state index contributed by atoms with van der Waals surface area (Å²) in [6, 6.07) is 3.72. The molecule has 0 aromatic heterocycles. The summed E-state index contributed by atoms with van der Waals surface area (Å²) in [5.41, 5.74) is 2.45. The molecule has 1 aliphatic rings. The van der Waals surface area contributed by atoms with Crippen molar-refractivity contribution in [1.82, 2.24) is 0 Å². The third-order valence-electron chi connectivity index (χ3n) is 3.10. The van der Waals surface area contributed by atoms with E-state index in [2.05, 4.69) is 0 Å². The maximum absolute atomic E-state index is 11.8. The normalized spacial score (nSPS) is 19.6. The van der Waals surface area contributed by atoms with Crippen LogP contribution >= 0.6 is 11.8 Å². The molecule has 0 fully saturated rings. The first-order valence-electron chi connectivity index (χ1n) is 5.54. The lowest BCUT2D eigenvalue weighted by atomic mass is 10.00. The number of hydrogen-bond donors (Lipinski definition) is 1. The zero-order valence-corrected chi connectivity index (χ0v) is 12.0. The summed E-state index contributed by atoms with van der Waals surface area (Å²) in [4.78, 5) is 0.967. The van der Waals surface area contributed by atoms with Crippen LogP contribution in [0.5, 0.6) is 0 Å². The van der Waals surface area contributed by atoms with Gasteiger partial charge in [0.25, 0.3) is 0 Å². The second kappa shape index (κ2) is 5.21. The number of hydrogen-bond acceptors (Lipinski definition) is 5. The third kappa shape index (κ3) is 2.56. The van der Waals surface area contributed by atoms with Gasteiger partial charge in [-0.3, -0.25) is 0 Å². The molecule has 1 unspecified atom stereocenters.